The molecule has 218 valence electrons. The normalized spacial score (nSPS) is 16.8. The van der Waals surface area contributed by atoms with Gasteiger partial charge in [-0.25, -0.2) is 14.0 Å². The Bertz CT molecular complexity index is 1110. The van der Waals surface area contributed by atoms with E-state index in [1.54, 1.807) is 12.1 Å². The fraction of sp³-hybridized carbons (Fsp3) is 0.464. The average Bonchev–Trinajstić information content (AvgIpc) is 3.41. The van der Waals surface area contributed by atoms with Gasteiger partial charge in [-0.3, -0.25) is 9.69 Å². The Kier molecular flexibility index (Phi) is 11.7. The van der Waals surface area contributed by atoms with Crippen LogP contribution in [0.25, 0.3) is 0 Å². The number of amides is 1. The van der Waals surface area contributed by atoms with Gasteiger partial charge in [-0.15, -0.1) is 0 Å². The molecule has 2 aromatic rings. The zero-order chi connectivity index (χ0) is 29.1. The van der Waals surface area contributed by atoms with Crippen molar-refractivity contribution in [1.29, 1.82) is 0 Å². The molecule has 40 heavy (non-hydrogen) atoms. The van der Waals surface area contributed by atoms with Gasteiger partial charge in [0.05, 0.1) is 19.8 Å². The van der Waals surface area contributed by atoms with E-state index in [1.807, 2.05) is 41.1 Å². The molecular formula is C28H34ClFN2O8. The molecule has 0 aromatic heterocycles. The van der Waals surface area contributed by atoms with Crippen molar-refractivity contribution in [2.45, 2.75) is 37.6 Å². The summed E-state index contributed by atoms with van der Waals surface area (Å²) < 4.78 is 31.2. The first-order valence-corrected chi connectivity index (χ1v) is 13.3. The minimum atomic E-state index is -1.82. The highest BCUT2D eigenvalue weighted by atomic mass is 35.5. The molecule has 0 radical (unpaired) electrons. The predicted octanol–water partition coefficient (Wildman–Crippen LogP) is 3.62. The smallest absolute Gasteiger partial charge is 0.414 e. The summed E-state index contributed by atoms with van der Waals surface area (Å²) >= 11 is 5.93. The summed E-state index contributed by atoms with van der Waals surface area (Å²) in [6.07, 6.45) is 3.17. The maximum atomic E-state index is 13.3. The van der Waals surface area contributed by atoms with Gasteiger partial charge in [0, 0.05) is 42.9 Å². The second-order valence-electron chi connectivity index (χ2n) is 9.56. The van der Waals surface area contributed by atoms with Crippen LogP contribution >= 0.6 is 11.6 Å². The van der Waals surface area contributed by atoms with Crippen molar-refractivity contribution in [2.24, 2.45) is 0 Å². The minimum absolute atomic E-state index is 0.108. The van der Waals surface area contributed by atoms with E-state index in [-0.39, 0.29) is 17.8 Å². The van der Waals surface area contributed by atoms with Gasteiger partial charge in [-0.05, 0) is 56.4 Å². The maximum absolute atomic E-state index is 13.3. The van der Waals surface area contributed by atoms with Crippen LogP contribution in [0.5, 0.6) is 5.75 Å². The second-order valence-corrected chi connectivity index (χ2v) is 10.00. The van der Waals surface area contributed by atoms with Crippen molar-refractivity contribution in [3.05, 3.63) is 64.9 Å². The number of ether oxygens (including phenoxy) is 3. The zero-order valence-corrected chi connectivity index (χ0v) is 23.0. The first-order valence-electron chi connectivity index (χ1n) is 13.0. The summed E-state index contributed by atoms with van der Waals surface area (Å²) in [7, 11) is 1.95. The summed E-state index contributed by atoms with van der Waals surface area (Å²) in [5.41, 5.74) is 0.828. The molecule has 2 heterocycles. The zero-order valence-electron chi connectivity index (χ0n) is 22.3. The number of nitrogens with zero attached hydrogens (tertiary/aromatic N) is 2. The van der Waals surface area contributed by atoms with Crippen molar-refractivity contribution in [1.82, 2.24) is 9.80 Å². The molecule has 2 aliphatic rings. The van der Waals surface area contributed by atoms with Crippen LogP contribution < -0.4 is 4.74 Å². The molecule has 2 aromatic carbocycles. The fourth-order valence-electron chi connectivity index (χ4n) is 4.53. The van der Waals surface area contributed by atoms with Crippen molar-refractivity contribution in [3.63, 3.8) is 0 Å². The molecule has 12 heteroatoms. The Morgan fingerprint density at radius 2 is 1.60 bits per heavy atom. The number of carbonyl (C=O) groups is 3. The molecule has 1 amide bonds. The molecule has 0 atom stereocenters. The molecule has 0 saturated carbocycles. The molecule has 2 N–H and O–H groups in total. The van der Waals surface area contributed by atoms with Gasteiger partial charge < -0.3 is 29.3 Å². The average molecular weight is 581 g/mol. The van der Waals surface area contributed by atoms with Gasteiger partial charge in [-0.2, -0.15) is 0 Å². The Balaban J connectivity index is 0.000000663. The molecule has 10 nitrogen and oxygen atoms in total. The first-order chi connectivity index (χ1) is 19.1. The van der Waals surface area contributed by atoms with E-state index in [9.17, 15) is 9.18 Å². The summed E-state index contributed by atoms with van der Waals surface area (Å²) in [6, 6.07) is 13.7. The minimum Gasteiger partial charge on any atom is -0.490 e. The molecule has 0 aliphatic carbocycles. The number of rotatable bonds is 9. The molecular weight excluding hydrogens is 547 g/mol. The van der Waals surface area contributed by atoms with E-state index in [4.69, 9.17) is 45.6 Å². The summed E-state index contributed by atoms with van der Waals surface area (Å²) in [6.45, 7) is 3.53. The number of carboxylic acids is 2. The van der Waals surface area contributed by atoms with Gasteiger partial charge >= 0.3 is 11.9 Å². The fourth-order valence-corrected chi connectivity index (χ4v) is 4.66. The van der Waals surface area contributed by atoms with Gasteiger partial charge in [0.2, 0.25) is 5.91 Å². The van der Waals surface area contributed by atoms with Gasteiger partial charge in [0.15, 0.2) is 5.79 Å². The monoisotopic (exact) mass is 580 g/mol. The van der Waals surface area contributed by atoms with Crippen molar-refractivity contribution >= 4 is 29.4 Å². The number of benzene rings is 2. The van der Waals surface area contributed by atoms with Gasteiger partial charge in [0.1, 0.15) is 17.7 Å². The third-order valence-electron chi connectivity index (χ3n) is 6.58. The lowest BCUT2D eigenvalue weighted by atomic mass is 10.0. The Morgan fingerprint density at radius 1 is 1.02 bits per heavy atom. The summed E-state index contributed by atoms with van der Waals surface area (Å²) in [4.78, 5) is 34.9. The van der Waals surface area contributed by atoms with E-state index in [0.29, 0.717) is 44.3 Å². The van der Waals surface area contributed by atoms with E-state index in [2.05, 4.69) is 0 Å². The highest BCUT2D eigenvalue weighted by Crippen LogP contribution is 2.36. The van der Waals surface area contributed by atoms with Crippen LogP contribution in [0.15, 0.2) is 48.5 Å². The van der Waals surface area contributed by atoms with Crippen LogP contribution in [0.4, 0.5) is 4.39 Å². The lowest BCUT2D eigenvalue weighted by Crippen LogP contribution is -2.45. The Labute approximate surface area is 237 Å². The summed E-state index contributed by atoms with van der Waals surface area (Å²) in [5, 5.41) is 15.5. The number of aliphatic carboxylic acids is 2. The third-order valence-corrected chi connectivity index (χ3v) is 6.83. The van der Waals surface area contributed by atoms with Crippen LogP contribution in [0, 0.1) is 5.82 Å². The third kappa shape index (κ3) is 9.44. The molecule has 2 aliphatic heterocycles. The molecule has 4 rings (SSSR count). The second kappa shape index (κ2) is 14.9. The van der Waals surface area contributed by atoms with Crippen LogP contribution in [0.2, 0.25) is 5.02 Å². The van der Waals surface area contributed by atoms with E-state index in [0.717, 1.165) is 37.1 Å². The lowest BCUT2D eigenvalue weighted by molar-refractivity contribution is -0.172. The number of carbonyl (C=O) groups excluding carboxylic acids is 1. The number of carboxylic acid groups (broad SMARTS) is 2. The number of likely N-dealkylation sites (N-methyl/N-ethyl adjacent to an activating group) is 1. The maximum Gasteiger partial charge on any atom is 0.414 e. The highest BCUT2D eigenvalue weighted by molar-refractivity contribution is 6.30. The number of hydrogen-bond acceptors (Lipinski definition) is 7. The largest absolute Gasteiger partial charge is 0.490 e. The SMILES string of the molecule is CN(CCCC1(c2ccc(F)cc2)OCCO1)CC(=O)N1CCC(Oc2ccc(Cl)cc2)CC1.O=C(O)C(=O)O. The van der Waals surface area contributed by atoms with E-state index in [1.165, 1.54) is 12.1 Å². The molecule has 0 unspecified atom stereocenters. The van der Waals surface area contributed by atoms with E-state index >= 15 is 0 Å². The van der Waals surface area contributed by atoms with Crippen molar-refractivity contribution in [3.8, 4) is 5.75 Å². The highest BCUT2D eigenvalue weighted by Gasteiger charge is 2.38. The number of piperidine rings is 1. The van der Waals surface area contributed by atoms with Crippen molar-refractivity contribution in [2.75, 3.05) is 46.4 Å². The molecule has 0 bridgehead atoms. The molecule has 0 spiro atoms. The topological polar surface area (TPSA) is 126 Å². The lowest BCUT2D eigenvalue weighted by Gasteiger charge is -2.33. The number of hydrogen-bond donors (Lipinski definition) is 2. The van der Waals surface area contributed by atoms with Crippen LogP contribution in [0.3, 0.4) is 0 Å². The molecule has 2 fully saturated rings. The quantitative estimate of drug-likeness (QED) is 0.428. The van der Waals surface area contributed by atoms with E-state index < -0.39 is 17.7 Å². The standard InChI is InChI=1S/C26H32ClFN2O4.C2H2O4/c1-29(14-2-13-26(32-17-18-33-26)20-3-7-22(28)8-4-20)19-25(31)30-15-11-24(12-16-30)34-23-9-5-21(27)6-10-23;3-1(4)2(5)6/h3-10,24H,2,11-19H2,1H3;(H,3,4)(H,5,6). The van der Waals surface area contributed by atoms with Crippen LogP contribution in [0.1, 0.15) is 31.2 Å². The predicted molar refractivity (Wildman–Crippen MR) is 144 cm³/mol. The first kappa shape index (κ1) is 31.3. The number of likely N-dealkylation sites (tertiary alicyclic amines) is 1. The van der Waals surface area contributed by atoms with Gasteiger partial charge in [-0.1, -0.05) is 23.7 Å². The van der Waals surface area contributed by atoms with Crippen LogP contribution in [-0.4, -0.2) is 90.4 Å². The number of halogens is 2. The van der Waals surface area contributed by atoms with Gasteiger partial charge in [0.25, 0.3) is 0 Å². The van der Waals surface area contributed by atoms with Crippen molar-refractivity contribution < 1.29 is 43.2 Å². The Morgan fingerprint density at radius 3 is 2.15 bits per heavy atom. The van der Waals surface area contributed by atoms with Crippen LogP contribution in [-0.2, 0) is 29.6 Å². The summed E-state index contributed by atoms with van der Waals surface area (Å²) in [5.74, 6) is -3.82. The Hall–Kier alpha value is -3.25. The molecule has 2 saturated heterocycles.